The smallest absolute Gasteiger partial charge is 0.147 e. The average molecular weight is 286 g/mol. The van der Waals surface area contributed by atoms with Gasteiger partial charge >= 0.3 is 0 Å². The zero-order valence-electron chi connectivity index (χ0n) is 12.7. The van der Waals surface area contributed by atoms with Crippen molar-refractivity contribution in [2.45, 2.75) is 26.1 Å². The summed E-state index contributed by atoms with van der Waals surface area (Å²) in [6.07, 6.45) is 4.73. The molecule has 112 valence electrons. The lowest BCUT2D eigenvalue weighted by molar-refractivity contribution is 0.268. The molecule has 3 heterocycles. The molecule has 0 radical (unpaired) electrons. The molecule has 0 saturated carbocycles. The molecule has 0 spiro atoms. The maximum absolute atomic E-state index is 4.36. The Bertz CT molecular complexity index is 577. The predicted octanol–water partition coefficient (Wildman–Crippen LogP) is 0.793. The predicted molar refractivity (Wildman–Crippen MR) is 80.6 cm³/mol. The van der Waals surface area contributed by atoms with Crippen LogP contribution in [0.2, 0.25) is 0 Å². The summed E-state index contributed by atoms with van der Waals surface area (Å²) >= 11 is 0. The molecule has 21 heavy (non-hydrogen) atoms. The van der Waals surface area contributed by atoms with Gasteiger partial charge in [0.15, 0.2) is 0 Å². The van der Waals surface area contributed by atoms with Gasteiger partial charge in [-0.3, -0.25) is 9.88 Å². The third kappa shape index (κ3) is 3.46. The fourth-order valence-electron chi connectivity index (χ4n) is 2.73. The number of fused-ring (bicyclic) bond motifs is 1. The standard InChI is InChI=1S/C15H22N6/c1-19(2)12-15-18-17-14-5-7-20(8-9-21(14)15)11-13-4-3-6-16-10-13/h3-4,6,10H,5,7-9,11-12H2,1-2H3. The molecule has 2 aromatic rings. The Morgan fingerprint density at radius 1 is 1.19 bits per heavy atom. The molecule has 2 aromatic heterocycles. The van der Waals surface area contributed by atoms with E-state index < -0.39 is 0 Å². The molecule has 6 heteroatoms. The minimum atomic E-state index is 0.843. The minimum absolute atomic E-state index is 0.843. The molecule has 0 bridgehead atoms. The Kier molecular flexibility index (Phi) is 4.26. The highest BCUT2D eigenvalue weighted by atomic mass is 15.3. The van der Waals surface area contributed by atoms with Gasteiger partial charge in [0.25, 0.3) is 0 Å². The first-order valence-corrected chi connectivity index (χ1v) is 7.39. The van der Waals surface area contributed by atoms with E-state index in [9.17, 15) is 0 Å². The van der Waals surface area contributed by atoms with Crippen LogP contribution in [0.1, 0.15) is 17.2 Å². The van der Waals surface area contributed by atoms with Gasteiger partial charge < -0.3 is 9.47 Å². The number of nitrogens with zero attached hydrogens (tertiary/aromatic N) is 6. The van der Waals surface area contributed by atoms with Crippen molar-refractivity contribution in [3.05, 3.63) is 41.7 Å². The van der Waals surface area contributed by atoms with Gasteiger partial charge in [-0.05, 0) is 25.7 Å². The molecule has 0 atom stereocenters. The second-order valence-corrected chi connectivity index (χ2v) is 5.81. The van der Waals surface area contributed by atoms with Crippen LogP contribution >= 0.6 is 0 Å². The van der Waals surface area contributed by atoms with E-state index in [4.69, 9.17) is 0 Å². The average Bonchev–Trinajstić information content (AvgIpc) is 2.72. The fraction of sp³-hybridized carbons (Fsp3) is 0.533. The second kappa shape index (κ2) is 6.32. The summed E-state index contributed by atoms with van der Waals surface area (Å²) in [6, 6.07) is 4.13. The summed E-state index contributed by atoms with van der Waals surface area (Å²) in [5, 5.41) is 8.69. The van der Waals surface area contributed by atoms with Crippen molar-refractivity contribution in [3.63, 3.8) is 0 Å². The van der Waals surface area contributed by atoms with Crippen LogP contribution in [0.25, 0.3) is 0 Å². The Labute approximate surface area is 125 Å². The fourth-order valence-corrected chi connectivity index (χ4v) is 2.73. The van der Waals surface area contributed by atoms with Crippen molar-refractivity contribution in [1.82, 2.24) is 29.5 Å². The zero-order chi connectivity index (χ0) is 14.7. The maximum Gasteiger partial charge on any atom is 0.147 e. The van der Waals surface area contributed by atoms with Gasteiger partial charge in [-0.2, -0.15) is 0 Å². The summed E-state index contributed by atoms with van der Waals surface area (Å²) in [5.74, 6) is 2.18. The summed E-state index contributed by atoms with van der Waals surface area (Å²) in [6.45, 7) is 4.81. The molecule has 1 aliphatic rings. The number of hydrogen-bond acceptors (Lipinski definition) is 5. The van der Waals surface area contributed by atoms with Crippen molar-refractivity contribution in [2.24, 2.45) is 0 Å². The highest BCUT2D eigenvalue weighted by molar-refractivity contribution is 5.08. The van der Waals surface area contributed by atoms with E-state index in [1.165, 1.54) is 5.56 Å². The quantitative estimate of drug-likeness (QED) is 0.832. The monoisotopic (exact) mass is 286 g/mol. The molecule has 6 nitrogen and oxygen atoms in total. The molecule has 0 aliphatic carbocycles. The summed E-state index contributed by atoms with van der Waals surface area (Å²) < 4.78 is 2.28. The van der Waals surface area contributed by atoms with E-state index >= 15 is 0 Å². The van der Waals surface area contributed by atoms with E-state index in [0.717, 1.165) is 50.8 Å². The van der Waals surface area contributed by atoms with Gasteiger partial charge in [-0.25, -0.2) is 0 Å². The molecular formula is C15H22N6. The highest BCUT2D eigenvalue weighted by Crippen LogP contribution is 2.12. The number of hydrogen-bond donors (Lipinski definition) is 0. The summed E-state index contributed by atoms with van der Waals surface area (Å²) in [7, 11) is 4.13. The first-order valence-electron chi connectivity index (χ1n) is 7.39. The third-order valence-electron chi connectivity index (χ3n) is 3.78. The highest BCUT2D eigenvalue weighted by Gasteiger charge is 2.18. The number of rotatable bonds is 4. The van der Waals surface area contributed by atoms with Crippen molar-refractivity contribution < 1.29 is 0 Å². The van der Waals surface area contributed by atoms with Gasteiger partial charge in [0, 0.05) is 45.0 Å². The van der Waals surface area contributed by atoms with Crippen LogP contribution < -0.4 is 0 Å². The van der Waals surface area contributed by atoms with Crippen molar-refractivity contribution in [1.29, 1.82) is 0 Å². The lowest BCUT2D eigenvalue weighted by Gasteiger charge is -2.19. The normalized spacial score (nSPS) is 16.0. The molecule has 3 rings (SSSR count). The first kappa shape index (κ1) is 14.2. The van der Waals surface area contributed by atoms with Crippen LogP contribution in [-0.4, -0.2) is 56.7 Å². The van der Waals surface area contributed by atoms with Gasteiger partial charge in [0.05, 0.1) is 6.54 Å². The van der Waals surface area contributed by atoms with Crippen LogP contribution in [0.15, 0.2) is 24.5 Å². The van der Waals surface area contributed by atoms with Crippen molar-refractivity contribution in [3.8, 4) is 0 Å². The largest absolute Gasteiger partial charge is 0.313 e. The Morgan fingerprint density at radius 2 is 2.10 bits per heavy atom. The molecular weight excluding hydrogens is 264 g/mol. The minimum Gasteiger partial charge on any atom is -0.313 e. The van der Waals surface area contributed by atoms with Crippen LogP contribution in [-0.2, 0) is 26.1 Å². The maximum atomic E-state index is 4.36. The molecule has 0 aromatic carbocycles. The molecule has 0 unspecified atom stereocenters. The van der Waals surface area contributed by atoms with Crippen molar-refractivity contribution >= 4 is 0 Å². The Morgan fingerprint density at radius 3 is 2.86 bits per heavy atom. The van der Waals surface area contributed by atoms with Crippen LogP contribution in [0.4, 0.5) is 0 Å². The van der Waals surface area contributed by atoms with Gasteiger partial charge in [-0.15, -0.1) is 10.2 Å². The van der Waals surface area contributed by atoms with Gasteiger partial charge in [-0.1, -0.05) is 6.07 Å². The third-order valence-corrected chi connectivity index (χ3v) is 3.78. The van der Waals surface area contributed by atoms with Crippen LogP contribution in [0.5, 0.6) is 0 Å². The Balaban J connectivity index is 1.67. The van der Waals surface area contributed by atoms with E-state index in [0.29, 0.717) is 0 Å². The topological polar surface area (TPSA) is 50.1 Å². The van der Waals surface area contributed by atoms with E-state index in [1.54, 1.807) is 0 Å². The van der Waals surface area contributed by atoms with E-state index in [2.05, 4.69) is 49.7 Å². The van der Waals surface area contributed by atoms with Crippen LogP contribution in [0.3, 0.4) is 0 Å². The molecule has 0 fully saturated rings. The molecule has 0 amide bonds. The van der Waals surface area contributed by atoms with Crippen LogP contribution in [0, 0.1) is 0 Å². The number of pyridine rings is 1. The van der Waals surface area contributed by atoms with Gasteiger partial charge in [0.1, 0.15) is 11.6 Å². The van der Waals surface area contributed by atoms with Crippen molar-refractivity contribution in [2.75, 3.05) is 27.2 Å². The van der Waals surface area contributed by atoms with Gasteiger partial charge in [0.2, 0.25) is 0 Å². The van der Waals surface area contributed by atoms with E-state index in [1.807, 2.05) is 18.5 Å². The second-order valence-electron chi connectivity index (χ2n) is 5.81. The molecule has 0 saturated heterocycles. The first-order chi connectivity index (χ1) is 10.2. The van der Waals surface area contributed by atoms with E-state index in [-0.39, 0.29) is 0 Å². The Hall–Kier alpha value is -1.79. The number of aromatic nitrogens is 4. The lowest BCUT2D eigenvalue weighted by atomic mass is 10.2. The summed E-state index contributed by atoms with van der Waals surface area (Å²) in [4.78, 5) is 8.79. The zero-order valence-corrected chi connectivity index (χ0v) is 12.7. The lowest BCUT2D eigenvalue weighted by Crippen LogP contribution is -2.27. The molecule has 0 N–H and O–H groups in total. The molecule has 1 aliphatic heterocycles. The SMILES string of the molecule is CN(C)Cc1nnc2n1CCN(Cc1cccnc1)CC2. The summed E-state index contributed by atoms with van der Waals surface area (Å²) in [5.41, 5.74) is 1.27.